The second-order valence-electron chi connectivity index (χ2n) is 6.53. The summed E-state index contributed by atoms with van der Waals surface area (Å²) in [6.07, 6.45) is 3.86. The van der Waals surface area contributed by atoms with Crippen LogP contribution in [0.25, 0.3) is 22.5 Å². The number of nitrogens with one attached hydrogen (secondary N) is 1. The zero-order valence-electron chi connectivity index (χ0n) is 14.3. The van der Waals surface area contributed by atoms with Gasteiger partial charge in [-0.05, 0) is 74.5 Å². The lowest BCUT2D eigenvalue weighted by Crippen LogP contribution is -2.27. The maximum absolute atomic E-state index is 13.4. The van der Waals surface area contributed by atoms with Gasteiger partial charge in [0.1, 0.15) is 11.6 Å². The number of hydrogen-bond acceptors (Lipinski definition) is 3. The molecule has 1 aliphatic rings. The fraction of sp³-hybridized carbons (Fsp3) is 0.238. The molecule has 3 aromatic rings. The molecule has 1 aromatic heterocycles. The molecule has 3 nitrogen and oxygen atoms in total. The predicted molar refractivity (Wildman–Crippen MR) is 97.7 cm³/mol. The molecule has 0 unspecified atom stereocenters. The molecule has 0 spiro atoms. The van der Waals surface area contributed by atoms with E-state index < -0.39 is 0 Å². The first-order valence-corrected chi connectivity index (χ1v) is 8.80. The van der Waals surface area contributed by atoms with Crippen molar-refractivity contribution in [1.29, 1.82) is 0 Å². The van der Waals surface area contributed by atoms with E-state index in [1.165, 1.54) is 24.3 Å². The van der Waals surface area contributed by atoms with Gasteiger partial charge in [-0.1, -0.05) is 0 Å². The Bertz CT molecular complexity index is 886. The van der Waals surface area contributed by atoms with Gasteiger partial charge in [-0.15, -0.1) is 0 Å². The van der Waals surface area contributed by atoms with Gasteiger partial charge in [-0.2, -0.15) is 0 Å². The van der Waals surface area contributed by atoms with Crippen LogP contribution in [0.4, 0.5) is 8.78 Å². The van der Waals surface area contributed by atoms with Crippen molar-refractivity contribution >= 4 is 0 Å². The smallest absolute Gasteiger partial charge is 0.123 e. The minimum atomic E-state index is -0.295. The van der Waals surface area contributed by atoms with Crippen molar-refractivity contribution in [3.8, 4) is 22.5 Å². The van der Waals surface area contributed by atoms with Crippen LogP contribution in [0.2, 0.25) is 0 Å². The fourth-order valence-electron chi connectivity index (χ4n) is 3.35. The second-order valence-corrected chi connectivity index (χ2v) is 6.53. The van der Waals surface area contributed by atoms with Gasteiger partial charge in [0.2, 0.25) is 0 Å². The molecule has 5 heteroatoms. The third-order valence-electron chi connectivity index (χ3n) is 4.78. The Labute approximate surface area is 151 Å². The highest BCUT2D eigenvalue weighted by atomic mass is 19.1. The molecule has 0 aliphatic carbocycles. The maximum Gasteiger partial charge on any atom is 0.123 e. The van der Waals surface area contributed by atoms with Crippen molar-refractivity contribution in [1.82, 2.24) is 15.3 Å². The number of hydrogen-bond donors (Lipinski definition) is 1. The topological polar surface area (TPSA) is 37.8 Å². The molecule has 0 atom stereocenters. The largest absolute Gasteiger partial charge is 0.317 e. The number of benzene rings is 2. The number of rotatable bonds is 3. The van der Waals surface area contributed by atoms with E-state index in [1.807, 2.05) is 6.20 Å². The Morgan fingerprint density at radius 1 is 0.769 bits per heavy atom. The van der Waals surface area contributed by atoms with Gasteiger partial charge in [0.25, 0.3) is 0 Å². The van der Waals surface area contributed by atoms with Crippen molar-refractivity contribution in [3.05, 3.63) is 72.1 Å². The zero-order valence-corrected chi connectivity index (χ0v) is 14.3. The molecule has 26 heavy (non-hydrogen) atoms. The van der Waals surface area contributed by atoms with Gasteiger partial charge in [-0.3, -0.25) is 4.98 Å². The quantitative estimate of drug-likeness (QED) is 0.752. The molecule has 1 N–H and O–H groups in total. The normalized spacial score (nSPS) is 15.2. The van der Waals surface area contributed by atoms with Crippen LogP contribution in [0.5, 0.6) is 0 Å². The molecule has 0 saturated carbocycles. The summed E-state index contributed by atoms with van der Waals surface area (Å²) in [5.74, 6) is -0.221. The lowest BCUT2D eigenvalue weighted by atomic mass is 9.94. The van der Waals surface area contributed by atoms with Crippen LogP contribution in [0.1, 0.15) is 24.5 Å². The Morgan fingerprint density at radius 3 is 1.88 bits per heavy atom. The fourth-order valence-corrected chi connectivity index (χ4v) is 3.35. The summed E-state index contributed by atoms with van der Waals surface area (Å²) in [5.41, 5.74) is 3.92. The number of halogens is 2. The number of piperidine rings is 1. The minimum absolute atomic E-state index is 0.292. The summed E-state index contributed by atoms with van der Waals surface area (Å²) in [4.78, 5) is 9.54. The average Bonchev–Trinajstić information content (AvgIpc) is 2.70. The minimum Gasteiger partial charge on any atom is -0.317 e. The van der Waals surface area contributed by atoms with Crippen LogP contribution >= 0.6 is 0 Å². The van der Waals surface area contributed by atoms with Gasteiger partial charge < -0.3 is 5.32 Å². The molecule has 0 amide bonds. The number of aromatic nitrogens is 2. The van der Waals surface area contributed by atoms with Crippen LogP contribution in [0, 0.1) is 11.6 Å². The van der Waals surface area contributed by atoms with Crippen molar-refractivity contribution in [2.75, 3.05) is 13.1 Å². The summed E-state index contributed by atoms with van der Waals surface area (Å²) in [6.45, 7) is 1.94. The van der Waals surface area contributed by atoms with E-state index in [9.17, 15) is 8.78 Å². The van der Waals surface area contributed by atoms with Gasteiger partial charge >= 0.3 is 0 Å². The molecule has 1 aliphatic heterocycles. The molecule has 4 rings (SSSR count). The van der Waals surface area contributed by atoms with Crippen LogP contribution in [0.3, 0.4) is 0 Å². The summed E-state index contributed by atoms with van der Waals surface area (Å²) < 4.78 is 26.6. The molecular weight excluding hydrogens is 332 g/mol. The molecule has 1 saturated heterocycles. The van der Waals surface area contributed by atoms with E-state index >= 15 is 0 Å². The maximum atomic E-state index is 13.4. The van der Waals surface area contributed by atoms with E-state index in [-0.39, 0.29) is 11.6 Å². The first kappa shape index (κ1) is 16.8. The third-order valence-corrected chi connectivity index (χ3v) is 4.78. The molecule has 132 valence electrons. The standard InChI is InChI=1S/C21H19F2N3/c22-17-5-1-15(2-6-17)20-21(16-3-7-18(23)8-4-16)26-19(13-25-20)14-9-11-24-12-10-14/h1-8,13-14,24H,9-12H2. The van der Waals surface area contributed by atoms with Gasteiger partial charge in [-0.25, -0.2) is 13.8 Å². The Morgan fingerprint density at radius 2 is 1.31 bits per heavy atom. The van der Waals surface area contributed by atoms with Crippen LogP contribution in [-0.2, 0) is 0 Å². The van der Waals surface area contributed by atoms with E-state index in [4.69, 9.17) is 4.98 Å². The molecule has 2 heterocycles. The SMILES string of the molecule is Fc1ccc(-c2ncc(C3CCNCC3)nc2-c2ccc(F)cc2)cc1. The van der Waals surface area contributed by atoms with E-state index in [2.05, 4.69) is 10.3 Å². The second kappa shape index (κ2) is 7.30. The van der Waals surface area contributed by atoms with E-state index in [1.54, 1.807) is 24.3 Å². The van der Waals surface area contributed by atoms with E-state index in [0.29, 0.717) is 17.3 Å². The van der Waals surface area contributed by atoms with Crippen LogP contribution < -0.4 is 5.32 Å². The van der Waals surface area contributed by atoms with Crippen molar-refractivity contribution in [2.24, 2.45) is 0 Å². The Kier molecular flexibility index (Phi) is 4.71. The first-order chi connectivity index (χ1) is 12.7. The average molecular weight is 351 g/mol. The van der Waals surface area contributed by atoms with Gasteiger partial charge in [0, 0.05) is 23.2 Å². The van der Waals surface area contributed by atoms with E-state index in [0.717, 1.165) is 42.8 Å². The highest BCUT2D eigenvalue weighted by molar-refractivity contribution is 5.77. The molecule has 0 bridgehead atoms. The summed E-state index contributed by atoms with van der Waals surface area (Å²) in [7, 11) is 0. The number of nitrogens with zero attached hydrogens (tertiary/aromatic N) is 2. The summed E-state index contributed by atoms with van der Waals surface area (Å²) >= 11 is 0. The highest BCUT2D eigenvalue weighted by Gasteiger charge is 2.20. The zero-order chi connectivity index (χ0) is 17.9. The van der Waals surface area contributed by atoms with Crippen molar-refractivity contribution in [2.45, 2.75) is 18.8 Å². The molecule has 2 aromatic carbocycles. The predicted octanol–water partition coefficient (Wildman–Crippen LogP) is 4.56. The van der Waals surface area contributed by atoms with Crippen LogP contribution in [-0.4, -0.2) is 23.1 Å². The van der Waals surface area contributed by atoms with Gasteiger partial charge in [0.15, 0.2) is 0 Å². The lowest BCUT2D eigenvalue weighted by molar-refractivity contribution is 0.452. The third kappa shape index (κ3) is 3.48. The molecule has 1 fully saturated rings. The first-order valence-electron chi connectivity index (χ1n) is 8.80. The summed E-state index contributed by atoms with van der Waals surface area (Å²) in [5, 5.41) is 3.35. The monoisotopic (exact) mass is 351 g/mol. The summed E-state index contributed by atoms with van der Waals surface area (Å²) in [6, 6.07) is 12.5. The Balaban J connectivity index is 1.82. The van der Waals surface area contributed by atoms with Crippen molar-refractivity contribution < 1.29 is 8.78 Å². The molecular formula is C21H19F2N3. The Hall–Kier alpha value is -2.66. The lowest BCUT2D eigenvalue weighted by Gasteiger charge is -2.22. The molecule has 0 radical (unpaired) electrons. The van der Waals surface area contributed by atoms with Crippen LogP contribution in [0.15, 0.2) is 54.7 Å². The highest BCUT2D eigenvalue weighted by Crippen LogP contribution is 2.32. The van der Waals surface area contributed by atoms with Crippen molar-refractivity contribution in [3.63, 3.8) is 0 Å². The van der Waals surface area contributed by atoms with Gasteiger partial charge in [0.05, 0.1) is 17.1 Å².